The van der Waals surface area contributed by atoms with Crippen LogP contribution in [-0.2, 0) is 6.54 Å². The van der Waals surface area contributed by atoms with Crippen molar-refractivity contribution in [2.45, 2.75) is 25.4 Å². The van der Waals surface area contributed by atoms with Crippen LogP contribution in [0.5, 0.6) is 5.75 Å². The van der Waals surface area contributed by atoms with E-state index in [1.807, 2.05) is 48.5 Å². The fourth-order valence-corrected chi connectivity index (χ4v) is 3.50. The number of aliphatic hydroxyl groups excluding tert-OH is 1. The third-order valence-corrected chi connectivity index (χ3v) is 4.77. The van der Waals surface area contributed by atoms with Gasteiger partial charge in [-0.25, -0.2) is 0 Å². The Bertz CT molecular complexity index is 866. The van der Waals surface area contributed by atoms with Gasteiger partial charge in [0, 0.05) is 12.1 Å². The maximum atomic E-state index is 8.92. The van der Waals surface area contributed by atoms with Crippen molar-refractivity contribution in [2.24, 2.45) is 0 Å². The van der Waals surface area contributed by atoms with Gasteiger partial charge in [-0.3, -0.25) is 4.90 Å². The van der Waals surface area contributed by atoms with Crippen LogP contribution in [0.1, 0.15) is 30.3 Å². The number of rotatable bonds is 7. The van der Waals surface area contributed by atoms with Crippen molar-refractivity contribution in [3.05, 3.63) is 66.1 Å². The molecule has 6 nitrogen and oxygen atoms in total. The average molecular weight is 365 g/mol. The first-order valence-corrected chi connectivity index (χ1v) is 9.29. The van der Waals surface area contributed by atoms with Crippen molar-refractivity contribution < 1.29 is 14.4 Å². The normalized spacial score (nSPS) is 17.3. The fraction of sp³-hybridized carbons (Fsp3) is 0.333. The maximum Gasteiger partial charge on any atom is 0.244 e. The van der Waals surface area contributed by atoms with Crippen LogP contribution in [0, 0.1) is 0 Å². The van der Waals surface area contributed by atoms with Crippen molar-refractivity contribution >= 4 is 0 Å². The van der Waals surface area contributed by atoms with Crippen LogP contribution in [0.25, 0.3) is 11.4 Å². The zero-order chi connectivity index (χ0) is 18.5. The Balaban J connectivity index is 1.47. The summed E-state index contributed by atoms with van der Waals surface area (Å²) >= 11 is 0. The molecule has 6 heteroatoms. The molecule has 1 aliphatic rings. The average Bonchev–Trinajstić information content (AvgIpc) is 3.37. The summed E-state index contributed by atoms with van der Waals surface area (Å²) in [5, 5.41) is 13.1. The number of ether oxygens (including phenoxy) is 1. The highest BCUT2D eigenvalue weighted by Gasteiger charge is 2.30. The first-order valence-electron chi connectivity index (χ1n) is 9.29. The molecule has 1 aliphatic heterocycles. The highest BCUT2D eigenvalue weighted by molar-refractivity contribution is 5.53. The van der Waals surface area contributed by atoms with Crippen LogP contribution in [0.2, 0.25) is 0 Å². The van der Waals surface area contributed by atoms with Gasteiger partial charge in [0.2, 0.25) is 11.7 Å². The van der Waals surface area contributed by atoms with E-state index >= 15 is 0 Å². The second kappa shape index (κ2) is 8.33. The number of aromatic nitrogens is 2. The predicted octanol–water partition coefficient (Wildman–Crippen LogP) is 3.44. The number of nitrogens with zero attached hydrogens (tertiary/aromatic N) is 3. The summed E-state index contributed by atoms with van der Waals surface area (Å²) < 4.78 is 11.1. The third kappa shape index (κ3) is 4.18. The summed E-state index contributed by atoms with van der Waals surface area (Å²) in [6.07, 6.45) is 2.12. The number of likely N-dealkylation sites (tertiary alicyclic amines) is 1. The van der Waals surface area contributed by atoms with Gasteiger partial charge in [-0.1, -0.05) is 47.6 Å². The van der Waals surface area contributed by atoms with E-state index < -0.39 is 0 Å². The molecule has 0 amide bonds. The summed E-state index contributed by atoms with van der Waals surface area (Å²) in [4.78, 5) is 7.01. The lowest BCUT2D eigenvalue weighted by Gasteiger charge is -2.21. The highest BCUT2D eigenvalue weighted by atomic mass is 16.5. The van der Waals surface area contributed by atoms with Crippen molar-refractivity contribution in [2.75, 3.05) is 19.8 Å². The van der Waals surface area contributed by atoms with Crippen LogP contribution in [0.3, 0.4) is 0 Å². The van der Waals surface area contributed by atoms with E-state index in [-0.39, 0.29) is 12.6 Å². The van der Waals surface area contributed by atoms with Gasteiger partial charge >= 0.3 is 0 Å². The summed E-state index contributed by atoms with van der Waals surface area (Å²) in [5.74, 6) is 2.09. The molecule has 4 rings (SSSR count). The third-order valence-electron chi connectivity index (χ3n) is 4.77. The van der Waals surface area contributed by atoms with Crippen LogP contribution in [0.15, 0.2) is 59.1 Å². The molecule has 0 spiro atoms. The van der Waals surface area contributed by atoms with Gasteiger partial charge in [0.25, 0.3) is 0 Å². The lowest BCUT2D eigenvalue weighted by Crippen LogP contribution is -2.23. The Labute approximate surface area is 158 Å². The van der Waals surface area contributed by atoms with E-state index in [1.54, 1.807) is 0 Å². The molecule has 1 unspecified atom stereocenters. The Hall–Kier alpha value is -2.70. The van der Waals surface area contributed by atoms with Crippen LogP contribution < -0.4 is 4.74 Å². The zero-order valence-electron chi connectivity index (χ0n) is 15.1. The van der Waals surface area contributed by atoms with Crippen molar-refractivity contribution in [1.29, 1.82) is 0 Å². The first kappa shape index (κ1) is 17.7. The topological polar surface area (TPSA) is 71.6 Å². The summed E-state index contributed by atoms with van der Waals surface area (Å²) in [6.45, 7) is 2.11. The Morgan fingerprint density at radius 3 is 2.89 bits per heavy atom. The molecule has 1 atom stereocenters. The van der Waals surface area contributed by atoms with Crippen molar-refractivity contribution in [3.63, 3.8) is 0 Å². The van der Waals surface area contributed by atoms with Gasteiger partial charge in [-0.15, -0.1) is 0 Å². The van der Waals surface area contributed by atoms with Gasteiger partial charge in [0.15, 0.2) is 0 Å². The molecule has 0 radical (unpaired) electrons. The molecular formula is C21H23N3O3. The predicted molar refractivity (Wildman–Crippen MR) is 101 cm³/mol. The van der Waals surface area contributed by atoms with Gasteiger partial charge in [-0.2, -0.15) is 4.98 Å². The second-order valence-corrected chi connectivity index (χ2v) is 6.67. The number of aliphatic hydroxyl groups is 1. The van der Waals surface area contributed by atoms with Gasteiger partial charge in [-0.05, 0) is 37.1 Å². The molecule has 140 valence electrons. The van der Waals surface area contributed by atoms with E-state index in [2.05, 4.69) is 21.1 Å². The summed E-state index contributed by atoms with van der Waals surface area (Å²) in [7, 11) is 0. The standard InChI is InChI=1S/C21H23N3O3/c25-12-13-26-18-9-4-6-16(14-18)15-24-11-5-10-19(24)21-22-20(23-27-21)17-7-2-1-3-8-17/h1-4,6-9,14,19,25H,5,10-13,15H2. The molecule has 0 saturated carbocycles. The second-order valence-electron chi connectivity index (χ2n) is 6.67. The molecule has 2 heterocycles. The highest BCUT2D eigenvalue weighted by Crippen LogP contribution is 2.33. The minimum absolute atomic E-state index is 0.0132. The molecular weight excluding hydrogens is 342 g/mol. The van der Waals surface area contributed by atoms with Crippen LogP contribution >= 0.6 is 0 Å². The number of hydrogen-bond acceptors (Lipinski definition) is 6. The Morgan fingerprint density at radius 1 is 1.15 bits per heavy atom. The minimum Gasteiger partial charge on any atom is -0.491 e. The smallest absolute Gasteiger partial charge is 0.244 e. The van der Waals surface area contributed by atoms with Gasteiger partial charge < -0.3 is 14.4 Å². The molecule has 0 bridgehead atoms. The van der Waals surface area contributed by atoms with E-state index in [0.717, 1.165) is 37.2 Å². The van der Waals surface area contributed by atoms with Crippen LogP contribution in [0.4, 0.5) is 0 Å². The SMILES string of the molecule is OCCOc1cccc(CN2CCCC2c2nc(-c3ccccc3)no2)c1. The monoisotopic (exact) mass is 365 g/mol. The fourth-order valence-electron chi connectivity index (χ4n) is 3.50. The van der Waals surface area contributed by atoms with Crippen molar-refractivity contribution in [3.8, 4) is 17.1 Å². The van der Waals surface area contributed by atoms with Gasteiger partial charge in [0.1, 0.15) is 12.4 Å². The quantitative estimate of drug-likeness (QED) is 0.691. The molecule has 2 aromatic carbocycles. The molecule has 0 aliphatic carbocycles. The van der Waals surface area contributed by atoms with E-state index in [1.165, 1.54) is 5.56 Å². The maximum absolute atomic E-state index is 8.92. The molecule has 1 aromatic heterocycles. The summed E-state index contributed by atoms with van der Waals surface area (Å²) in [6, 6.07) is 18.0. The van der Waals surface area contributed by atoms with Crippen LogP contribution in [-0.4, -0.2) is 39.9 Å². The lowest BCUT2D eigenvalue weighted by molar-refractivity contribution is 0.197. The molecule has 27 heavy (non-hydrogen) atoms. The number of hydrogen-bond donors (Lipinski definition) is 1. The van der Waals surface area contributed by atoms with Gasteiger partial charge in [0.05, 0.1) is 12.6 Å². The lowest BCUT2D eigenvalue weighted by atomic mass is 10.1. The molecule has 1 fully saturated rings. The van der Waals surface area contributed by atoms with Crippen molar-refractivity contribution in [1.82, 2.24) is 15.0 Å². The minimum atomic E-state index is 0.0132. The van der Waals surface area contributed by atoms with E-state index in [9.17, 15) is 0 Å². The van der Waals surface area contributed by atoms with E-state index in [4.69, 9.17) is 14.4 Å². The zero-order valence-corrected chi connectivity index (χ0v) is 15.1. The summed E-state index contributed by atoms with van der Waals surface area (Å²) in [5.41, 5.74) is 2.13. The molecule has 1 N–H and O–H groups in total. The Kier molecular flexibility index (Phi) is 5.46. The number of benzene rings is 2. The Morgan fingerprint density at radius 2 is 2.04 bits per heavy atom. The largest absolute Gasteiger partial charge is 0.491 e. The van der Waals surface area contributed by atoms with E-state index in [0.29, 0.717) is 18.3 Å². The first-order chi connectivity index (χ1) is 13.3. The molecule has 1 saturated heterocycles. The molecule has 3 aromatic rings.